The monoisotopic (exact) mass is 412 g/mol. The van der Waals surface area contributed by atoms with Crippen LogP contribution in [0.25, 0.3) is 4.85 Å². The van der Waals surface area contributed by atoms with Gasteiger partial charge in [-0.1, -0.05) is 24.3 Å². The zero-order valence-electron chi connectivity index (χ0n) is 14.5. The number of alkyl halides is 3. The lowest BCUT2D eigenvalue weighted by Gasteiger charge is -2.22. The van der Waals surface area contributed by atoms with Crippen molar-refractivity contribution in [3.05, 3.63) is 65.5 Å². The van der Waals surface area contributed by atoms with Gasteiger partial charge in [0.05, 0.1) is 22.8 Å². The number of amides is 1. The van der Waals surface area contributed by atoms with Crippen molar-refractivity contribution in [2.45, 2.75) is 23.6 Å². The van der Waals surface area contributed by atoms with Crippen molar-refractivity contribution in [1.29, 1.82) is 0 Å². The number of carbonyl (C=O) groups is 1. The fraction of sp³-hybridized carbons (Fsp3) is 0.222. The van der Waals surface area contributed by atoms with E-state index in [0.29, 0.717) is 6.07 Å². The number of halogens is 3. The van der Waals surface area contributed by atoms with Gasteiger partial charge in [-0.2, -0.15) is 13.2 Å². The number of carbonyl (C=O) groups excluding carboxylic acids is 1. The highest BCUT2D eigenvalue weighted by Gasteiger charge is 2.38. The summed E-state index contributed by atoms with van der Waals surface area (Å²) in [5, 5.41) is 12.4. The maximum absolute atomic E-state index is 13.0. The Morgan fingerprint density at radius 3 is 2.32 bits per heavy atom. The zero-order valence-corrected chi connectivity index (χ0v) is 15.3. The van der Waals surface area contributed by atoms with Gasteiger partial charge in [-0.15, -0.1) is 0 Å². The van der Waals surface area contributed by atoms with Crippen molar-refractivity contribution in [3.8, 4) is 0 Å². The highest BCUT2D eigenvalue weighted by Crippen LogP contribution is 2.38. The smallest absolute Gasteiger partial charge is 0.379 e. The molecule has 0 aliphatic rings. The average molecular weight is 412 g/mol. The van der Waals surface area contributed by atoms with Crippen molar-refractivity contribution < 1.29 is 31.5 Å². The van der Waals surface area contributed by atoms with Crippen LogP contribution in [0.3, 0.4) is 0 Å². The van der Waals surface area contributed by atoms with Crippen LogP contribution in [0.2, 0.25) is 0 Å². The lowest BCUT2D eigenvalue weighted by atomic mass is 10.1. The Bertz CT molecular complexity index is 1030. The molecule has 2 rings (SSSR count). The SMILES string of the molecule is [C-]#[N+]c1ccc(NC(=O)[C@@](C)(O)CS(=O)(=O)c2ccccc2)cc1C(F)(F)F. The van der Waals surface area contributed by atoms with Gasteiger partial charge < -0.3 is 10.4 Å². The highest BCUT2D eigenvalue weighted by atomic mass is 32.2. The van der Waals surface area contributed by atoms with Crippen molar-refractivity contribution in [2.75, 3.05) is 11.1 Å². The van der Waals surface area contributed by atoms with E-state index in [0.717, 1.165) is 19.1 Å². The van der Waals surface area contributed by atoms with E-state index in [1.54, 1.807) is 6.07 Å². The number of aliphatic hydroxyl groups is 1. The lowest BCUT2D eigenvalue weighted by molar-refractivity contribution is -0.137. The zero-order chi connectivity index (χ0) is 21.2. The molecule has 28 heavy (non-hydrogen) atoms. The number of sulfone groups is 1. The largest absolute Gasteiger partial charge is 0.407 e. The van der Waals surface area contributed by atoms with Gasteiger partial charge in [0.25, 0.3) is 5.91 Å². The van der Waals surface area contributed by atoms with E-state index >= 15 is 0 Å². The van der Waals surface area contributed by atoms with Crippen LogP contribution in [0.1, 0.15) is 12.5 Å². The number of nitrogens with zero attached hydrogens (tertiary/aromatic N) is 1. The number of benzene rings is 2. The molecule has 2 aromatic rings. The third kappa shape index (κ3) is 4.88. The van der Waals surface area contributed by atoms with Crippen molar-refractivity contribution >= 4 is 27.1 Å². The Morgan fingerprint density at radius 2 is 1.79 bits per heavy atom. The van der Waals surface area contributed by atoms with Crippen LogP contribution in [0.4, 0.5) is 24.5 Å². The topological polar surface area (TPSA) is 87.8 Å². The molecule has 0 aliphatic heterocycles. The first-order valence-corrected chi connectivity index (χ1v) is 9.42. The Balaban J connectivity index is 2.25. The molecule has 10 heteroatoms. The maximum Gasteiger partial charge on any atom is 0.407 e. The predicted octanol–water partition coefficient (Wildman–Crippen LogP) is 3.42. The molecule has 0 aromatic heterocycles. The van der Waals surface area contributed by atoms with E-state index in [2.05, 4.69) is 10.2 Å². The summed E-state index contributed by atoms with van der Waals surface area (Å²) in [5.41, 5.74) is -4.64. The highest BCUT2D eigenvalue weighted by molar-refractivity contribution is 7.91. The van der Waals surface area contributed by atoms with Gasteiger partial charge in [0.2, 0.25) is 0 Å². The molecule has 148 valence electrons. The molecule has 0 fully saturated rings. The van der Waals surface area contributed by atoms with Crippen LogP contribution in [0.5, 0.6) is 0 Å². The van der Waals surface area contributed by atoms with Gasteiger partial charge in [0.1, 0.15) is 0 Å². The van der Waals surface area contributed by atoms with Crippen molar-refractivity contribution in [1.82, 2.24) is 0 Å². The van der Waals surface area contributed by atoms with Gasteiger partial charge in [-0.25, -0.2) is 13.3 Å². The second-order valence-electron chi connectivity index (χ2n) is 6.14. The van der Waals surface area contributed by atoms with Gasteiger partial charge in [0, 0.05) is 5.69 Å². The normalized spacial score (nSPS) is 14.0. The average Bonchev–Trinajstić information content (AvgIpc) is 2.61. The Kier molecular flexibility index (Phi) is 5.82. The van der Waals surface area contributed by atoms with E-state index < -0.39 is 44.5 Å². The Labute approximate surface area is 159 Å². The summed E-state index contributed by atoms with van der Waals surface area (Å²) in [6, 6.07) is 9.60. The first kappa shape index (κ1) is 21.4. The summed E-state index contributed by atoms with van der Waals surface area (Å²) in [6.45, 7) is 7.73. The van der Waals surface area contributed by atoms with Crippen LogP contribution < -0.4 is 5.32 Å². The van der Waals surface area contributed by atoms with Gasteiger partial charge in [-0.3, -0.25) is 4.79 Å². The minimum Gasteiger partial charge on any atom is -0.379 e. The van der Waals surface area contributed by atoms with E-state index in [1.165, 1.54) is 24.3 Å². The van der Waals surface area contributed by atoms with E-state index in [9.17, 15) is 31.5 Å². The molecule has 6 nitrogen and oxygen atoms in total. The van der Waals surface area contributed by atoms with E-state index in [1.807, 2.05) is 0 Å². The number of hydrogen-bond acceptors (Lipinski definition) is 4. The third-order valence-corrected chi connectivity index (χ3v) is 5.68. The van der Waals surface area contributed by atoms with Gasteiger partial charge >= 0.3 is 6.18 Å². The molecule has 2 aromatic carbocycles. The first-order chi connectivity index (χ1) is 12.9. The minimum absolute atomic E-state index is 0.108. The molecule has 0 aliphatic carbocycles. The molecule has 0 bridgehead atoms. The van der Waals surface area contributed by atoms with Crippen LogP contribution in [0.15, 0.2) is 53.4 Å². The molecule has 0 unspecified atom stereocenters. The minimum atomic E-state index is -4.82. The molecule has 0 heterocycles. The predicted molar refractivity (Wildman–Crippen MR) is 95.5 cm³/mol. The van der Waals surface area contributed by atoms with Gasteiger partial charge in [-0.05, 0) is 31.2 Å². The van der Waals surface area contributed by atoms with E-state index in [-0.39, 0.29) is 10.6 Å². The fourth-order valence-electron chi connectivity index (χ4n) is 2.35. The molecule has 0 saturated carbocycles. The molecule has 0 saturated heterocycles. The molecule has 1 atom stereocenters. The number of anilines is 1. The summed E-state index contributed by atoms with van der Waals surface area (Å²) in [6.07, 6.45) is -4.82. The molecular weight excluding hydrogens is 397 g/mol. The number of nitrogens with one attached hydrogen (secondary N) is 1. The second-order valence-corrected chi connectivity index (χ2v) is 8.13. The molecule has 0 spiro atoms. The summed E-state index contributed by atoms with van der Waals surface area (Å²) in [4.78, 5) is 15.0. The summed E-state index contributed by atoms with van der Waals surface area (Å²) < 4.78 is 63.7. The Hall–Kier alpha value is -2.90. The molecule has 2 N–H and O–H groups in total. The quantitative estimate of drug-likeness (QED) is 0.737. The van der Waals surface area contributed by atoms with Crippen LogP contribution >= 0.6 is 0 Å². The number of hydrogen-bond donors (Lipinski definition) is 2. The summed E-state index contributed by atoms with van der Waals surface area (Å²) in [7, 11) is -4.03. The van der Waals surface area contributed by atoms with Gasteiger partial charge in [0.15, 0.2) is 21.1 Å². The van der Waals surface area contributed by atoms with Crippen LogP contribution in [-0.4, -0.2) is 30.8 Å². The second kappa shape index (κ2) is 7.61. The van der Waals surface area contributed by atoms with Crippen molar-refractivity contribution in [2.24, 2.45) is 0 Å². The molecular formula is C18H15F3N2O4S. The van der Waals surface area contributed by atoms with Crippen molar-refractivity contribution in [3.63, 3.8) is 0 Å². The summed E-state index contributed by atoms with van der Waals surface area (Å²) >= 11 is 0. The third-order valence-electron chi connectivity index (χ3n) is 3.74. The number of rotatable bonds is 5. The summed E-state index contributed by atoms with van der Waals surface area (Å²) in [5.74, 6) is -2.17. The molecule has 1 amide bonds. The van der Waals surface area contributed by atoms with Crippen LogP contribution in [-0.2, 0) is 20.8 Å². The molecule has 0 radical (unpaired) electrons. The Morgan fingerprint density at radius 1 is 1.18 bits per heavy atom. The van der Waals surface area contributed by atoms with E-state index in [4.69, 9.17) is 6.57 Å². The fourth-order valence-corrected chi connectivity index (χ4v) is 3.96. The van der Waals surface area contributed by atoms with Crippen LogP contribution in [0, 0.1) is 6.57 Å². The standard InChI is InChI=1S/C18H15F3N2O4S/c1-17(25,11-28(26,27)13-6-4-3-5-7-13)16(24)23-12-8-9-15(22-2)14(10-12)18(19,20)21/h3-10,25H,11H2,1H3,(H,23,24)/t17-/m0/s1. The maximum atomic E-state index is 13.0. The lowest BCUT2D eigenvalue weighted by Crippen LogP contribution is -2.45. The first-order valence-electron chi connectivity index (χ1n) is 7.77.